The van der Waals surface area contributed by atoms with Crippen molar-refractivity contribution >= 4 is 5.97 Å². The van der Waals surface area contributed by atoms with Gasteiger partial charge in [0.2, 0.25) is 6.29 Å². The lowest BCUT2D eigenvalue weighted by Crippen LogP contribution is -2.64. The van der Waals surface area contributed by atoms with E-state index in [4.69, 9.17) is 18.9 Å². The molecule has 10 atom stereocenters. The summed E-state index contributed by atoms with van der Waals surface area (Å²) in [4.78, 5) is 12.1. The molecule has 12 heteroatoms. The van der Waals surface area contributed by atoms with Crippen molar-refractivity contribution in [3.63, 3.8) is 0 Å². The third kappa shape index (κ3) is 5.85. The number of ether oxygens (including phenoxy) is 4. The molecule has 2 fully saturated rings. The number of esters is 1. The predicted molar refractivity (Wildman–Crippen MR) is 96.6 cm³/mol. The first kappa shape index (κ1) is 25.3. The number of hydrogen-bond acceptors (Lipinski definition) is 12. The van der Waals surface area contributed by atoms with Crippen LogP contribution in [0, 0.1) is 0 Å². The Hall–Kier alpha value is -0.930. The topological polar surface area (TPSA) is 196 Å². The molecule has 2 rings (SSSR count). The molecule has 0 bridgehead atoms. The molecule has 0 aromatic carbocycles. The fourth-order valence-electron chi connectivity index (χ4n) is 3.34. The van der Waals surface area contributed by atoms with E-state index in [9.17, 15) is 40.5 Å². The zero-order valence-corrected chi connectivity index (χ0v) is 16.7. The summed E-state index contributed by atoms with van der Waals surface area (Å²) >= 11 is 0. The van der Waals surface area contributed by atoms with Crippen LogP contribution in [0.15, 0.2) is 0 Å². The highest BCUT2D eigenvalue weighted by Crippen LogP contribution is 2.29. The second kappa shape index (κ2) is 11.6. The lowest BCUT2D eigenvalue weighted by Gasteiger charge is -2.45. The average molecular weight is 440 g/mol. The van der Waals surface area contributed by atoms with Gasteiger partial charge in [0.25, 0.3) is 0 Å². The van der Waals surface area contributed by atoms with Crippen LogP contribution in [-0.2, 0) is 23.7 Å². The number of hydrogen-bond donors (Lipinski definition) is 7. The number of aliphatic hydroxyl groups is 7. The molecule has 0 aromatic heterocycles. The Morgan fingerprint density at radius 3 is 1.93 bits per heavy atom. The van der Waals surface area contributed by atoms with Crippen LogP contribution in [0.5, 0.6) is 0 Å². The molecule has 10 unspecified atom stereocenters. The number of carbonyl (C=O) groups is 1. The van der Waals surface area contributed by atoms with Gasteiger partial charge in [-0.25, -0.2) is 0 Å². The van der Waals surface area contributed by atoms with Gasteiger partial charge >= 0.3 is 5.97 Å². The SMILES string of the molecule is CCCCCC(=O)OC1OC(CO)C(O)C(O)C1OC1OC(CO)C(O)C(O)C1O. The summed E-state index contributed by atoms with van der Waals surface area (Å²) in [5.41, 5.74) is 0. The monoisotopic (exact) mass is 440 g/mol. The average Bonchev–Trinajstić information content (AvgIpc) is 2.73. The molecule has 2 heterocycles. The van der Waals surface area contributed by atoms with Gasteiger partial charge in [-0.2, -0.15) is 0 Å². The third-order valence-corrected chi connectivity index (χ3v) is 5.20. The lowest BCUT2D eigenvalue weighted by molar-refractivity contribution is -0.362. The molecule has 0 amide bonds. The van der Waals surface area contributed by atoms with Crippen molar-refractivity contribution in [1.82, 2.24) is 0 Å². The standard InChI is InChI=1S/C18H32O12/c1-2-3-4-5-10(21)29-18-16(14(25)12(23)9(7-20)28-18)30-17-15(26)13(24)11(22)8(6-19)27-17/h8-9,11-20,22-26H,2-7H2,1H3. The fourth-order valence-corrected chi connectivity index (χ4v) is 3.34. The van der Waals surface area contributed by atoms with Gasteiger partial charge in [-0.05, 0) is 6.42 Å². The van der Waals surface area contributed by atoms with Crippen molar-refractivity contribution in [3.8, 4) is 0 Å². The molecule has 0 spiro atoms. The van der Waals surface area contributed by atoms with Crippen LogP contribution in [0.25, 0.3) is 0 Å². The zero-order chi connectivity index (χ0) is 22.4. The van der Waals surface area contributed by atoms with E-state index in [1.807, 2.05) is 6.92 Å². The molecule has 2 aliphatic heterocycles. The maximum atomic E-state index is 12.1. The van der Waals surface area contributed by atoms with Gasteiger partial charge in [-0.15, -0.1) is 0 Å². The van der Waals surface area contributed by atoms with Crippen molar-refractivity contribution < 1.29 is 59.5 Å². The summed E-state index contributed by atoms with van der Waals surface area (Å²) in [6.45, 7) is 0.595. The summed E-state index contributed by atoms with van der Waals surface area (Å²) in [5.74, 6) is -0.656. The van der Waals surface area contributed by atoms with E-state index < -0.39 is 80.6 Å². The van der Waals surface area contributed by atoms with E-state index in [-0.39, 0.29) is 6.42 Å². The molecule has 7 N–H and O–H groups in total. The summed E-state index contributed by atoms with van der Waals surface area (Å²) in [6.07, 6.45) is -13.4. The van der Waals surface area contributed by atoms with Crippen LogP contribution in [0.1, 0.15) is 32.6 Å². The fraction of sp³-hybridized carbons (Fsp3) is 0.944. The smallest absolute Gasteiger partial charge is 0.308 e. The molecular formula is C18H32O12. The first-order valence-electron chi connectivity index (χ1n) is 10.0. The van der Waals surface area contributed by atoms with E-state index in [0.717, 1.165) is 12.8 Å². The highest BCUT2D eigenvalue weighted by atomic mass is 16.8. The number of unbranched alkanes of at least 4 members (excludes halogenated alkanes) is 2. The Kier molecular flexibility index (Phi) is 9.81. The van der Waals surface area contributed by atoms with Crippen molar-refractivity contribution in [3.05, 3.63) is 0 Å². The Morgan fingerprint density at radius 2 is 1.37 bits per heavy atom. The van der Waals surface area contributed by atoms with Crippen LogP contribution in [0.2, 0.25) is 0 Å². The van der Waals surface area contributed by atoms with Gasteiger partial charge in [-0.3, -0.25) is 4.79 Å². The maximum Gasteiger partial charge on any atom is 0.308 e. The van der Waals surface area contributed by atoms with E-state index in [1.54, 1.807) is 0 Å². The van der Waals surface area contributed by atoms with Gasteiger partial charge in [0, 0.05) is 6.42 Å². The van der Waals surface area contributed by atoms with Gasteiger partial charge in [0.1, 0.15) is 42.7 Å². The zero-order valence-electron chi connectivity index (χ0n) is 16.7. The van der Waals surface area contributed by atoms with Gasteiger partial charge in [0.05, 0.1) is 13.2 Å². The van der Waals surface area contributed by atoms with Gasteiger partial charge in [-0.1, -0.05) is 19.8 Å². The van der Waals surface area contributed by atoms with Crippen molar-refractivity contribution in [1.29, 1.82) is 0 Å². The Morgan fingerprint density at radius 1 is 0.800 bits per heavy atom. The molecule has 12 nitrogen and oxygen atoms in total. The molecular weight excluding hydrogens is 408 g/mol. The minimum atomic E-state index is -1.77. The van der Waals surface area contributed by atoms with E-state index in [1.165, 1.54) is 0 Å². The Labute approximate surface area is 173 Å². The second-order valence-corrected chi connectivity index (χ2v) is 7.45. The molecule has 30 heavy (non-hydrogen) atoms. The summed E-state index contributed by atoms with van der Waals surface area (Å²) in [7, 11) is 0. The first-order valence-corrected chi connectivity index (χ1v) is 10.0. The molecule has 0 radical (unpaired) electrons. The molecule has 0 saturated carbocycles. The predicted octanol–water partition coefficient (Wildman–Crippen LogP) is -3.27. The molecule has 2 saturated heterocycles. The molecule has 0 aromatic rings. The van der Waals surface area contributed by atoms with Crippen LogP contribution >= 0.6 is 0 Å². The highest BCUT2D eigenvalue weighted by Gasteiger charge is 2.51. The van der Waals surface area contributed by atoms with E-state index >= 15 is 0 Å². The normalized spacial score (nSPS) is 42.1. The molecule has 2 aliphatic rings. The van der Waals surface area contributed by atoms with Crippen molar-refractivity contribution in [2.24, 2.45) is 0 Å². The summed E-state index contributed by atoms with van der Waals surface area (Å²) in [5, 5.41) is 69.1. The molecule has 176 valence electrons. The first-order chi connectivity index (χ1) is 14.2. The van der Waals surface area contributed by atoms with Gasteiger partial charge < -0.3 is 54.7 Å². The van der Waals surface area contributed by atoms with Crippen LogP contribution in [0.4, 0.5) is 0 Å². The number of rotatable bonds is 9. The van der Waals surface area contributed by atoms with Crippen molar-refractivity contribution in [2.75, 3.05) is 13.2 Å². The quantitative estimate of drug-likeness (QED) is 0.140. The van der Waals surface area contributed by atoms with E-state index in [0.29, 0.717) is 6.42 Å². The summed E-state index contributed by atoms with van der Waals surface area (Å²) < 4.78 is 21.3. The van der Waals surface area contributed by atoms with E-state index in [2.05, 4.69) is 0 Å². The summed E-state index contributed by atoms with van der Waals surface area (Å²) in [6, 6.07) is 0. The Balaban J connectivity index is 2.14. The van der Waals surface area contributed by atoms with Crippen molar-refractivity contribution in [2.45, 2.75) is 94.0 Å². The largest absolute Gasteiger partial charge is 0.433 e. The highest BCUT2D eigenvalue weighted by molar-refractivity contribution is 5.69. The lowest BCUT2D eigenvalue weighted by atomic mass is 9.97. The number of carbonyl (C=O) groups excluding carboxylic acids is 1. The van der Waals surface area contributed by atoms with Crippen LogP contribution < -0.4 is 0 Å². The Bertz CT molecular complexity index is 531. The maximum absolute atomic E-state index is 12.1. The van der Waals surface area contributed by atoms with Gasteiger partial charge in [0.15, 0.2) is 12.4 Å². The van der Waals surface area contributed by atoms with Crippen LogP contribution in [0.3, 0.4) is 0 Å². The number of aliphatic hydroxyl groups excluding tert-OH is 7. The minimum absolute atomic E-state index is 0.0723. The second-order valence-electron chi connectivity index (χ2n) is 7.45. The third-order valence-electron chi connectivity index (χ3n) is 5.20. The minimum Gasteiger partial charge on any atom is -0.433 e. The molecule has 0 aliphatic carbocycles. The van der Waals surface area contributed by atoms with Crippen LogP contribution in [-0.4, -0.2) is 116 Å².